The summed E-state index contributed by atoms with van der Waals surface area (Å²) >= 11 is 14.9. The van der Waals surface area contributed by atoms with Crippen LogP contribution in [0.25, 0.3) is 11.1 Å². The first-order chi connectivity index (χ1) is 67.9. The Morgan fingerprint density at radius 3 is 1.84 bits per heavy atom. The molecule has 5 aromatic carbocycles. The SMILES string of the molecule is CCCCCCCCS(=O)(=O)NCCNCc1c(O)cc2c(c1O)-c1cc(ccc1O)[C@H]1NC(=O)C3NC(=O)C(CC(=O)NC(=O)NC4CC4)NC(=O)C(NC(=O)[C@@H](CC(C)C)NC)[C@H](O)c4ccc(c(Cl)c4)Oc4cc3cc(c4O[C@H]3O[C@H](CO)[C@@H](O)[C@H](O)[C@H]3OC3C[C@](C)(N)[C@H](O)[C@H](C)O3)Oc3ccc(cc3Cl)[C@@H](O[C@H]3C[C@](C)(N)[C@@H](O)[C@H](C)O3)[C@H](NC1=O)C(=O)N[C@H]2C(=O)NC1C2CC3CC(C2)CC1C3. The number of amides is 10. The van der Waals surface area contributed by atoms with Gasteiger partial charge in [0.05, 0.1) is 64.8 Å². The monoisotopic (exact) mass is 2050 g/mol. The van der Waals surface area contributed by atoms with Crippen LogP contribution in [0.4, 0.5) is 4.79 Å². The number of imide groups is 1. The zero-order valence-corrected chi connectivity index (χ0v) is 83.0. The van der Waals surface area contributed by atoms with Gasteiger partial charge in [-0.3, -0.25) is 43.7 Å². The van der Waals surface area contributed by atoms with Crippen molar-refractivity contribution in [2.24, 2.45) is 41.1 Å². The quantitative estimate of drug-likeness (QED) is 0.0288. The Morgan fingerprint density at radius 2 is 1.23 bits per heavy atom. The first-order valence-electron chi connectivity index (χ1n) is 49.0. The third-order valence-corrected chi connectivity index (χ3v) is 30.9. The number of aromatic hydroxyl groups is 3. The second kappa shape index (κ2) is 45.2. The fourth-order valence-corrected chi connectivity index (χ4v) is 22.8. The molecule has 0 spiro atoms. The number of phenolic OH excluding ortho intramolecular Hbond substituents is 3. The summed E-state index contributed by atoms with van der Waals surface area (Å²) in [6.07, 6.45) is -13.3. The van der Waals surface area contributed by atoms with Gasteiger partial charge in [0.25, 0.3) is 0 Å². The van der Waals surface area contributed by atoms with Crippen LogP contribution in [0.5, 0.6) is 46.0 Å². The molecule has 10 amide bonds. The molecule has 22 atom stereocenters. The van der Waals surface area contributed by atoms with Crippen molar-refractivity contribution in [1.82, 2.24) is 63.2 Å². The van der Waals surface area contributed by atoms with E-state index in [4.69, 9.17) is 72.6 Å². The number of benzene rings is 5. The molecule has 18 rings (SSSR count). The molecule has 13 aliphatic rings. The predicted octanol–water partition coefficient (Wildman–Crippen LogP) is 4.07. The number of nitrogens with one attached hydrogen (secondary N) is 12. The molecule has 8 heterocycles. The third-order valence-electron chi connectivity index (χ3n) is 28.8. The van der Waals surface area contributed by atoms with Crippen molar-refractivity contribution >= 4 is 86.5 Å². The Bertz CT molecular complexity index is 5640. The number of halogens is 2. The van der Waals surface area contributed by atoms with Gasteiger partial charge in [-0.1, -0.05) is 94.3 Å². The number of carbonyl (C=O) groups excluding carboxylic acids is 9. The molecule has 45 heteroatoms. The minimum absolute atomic E-state index is 0.0313. The van der Waals surface area contributed by atoms with Crippen LogP contribution in [0.15, 0.2) is 72.8 Å². The molecule has 8 fully saturated rings. The number of likely N-dealkylation sites (N-methyl/N-ethyl adjacent to an activating group) is 1. The van der Waals surface area contributed by atoms with Crippen molar-refractivity contribution in [3.63, 3.8) is 0 Å². The number of aliphatic hydroxyl groups excluding tert-OH is 6. The lowest BCUT2D eigenvalue weighted by Crippen LogP contribution is -2.64. The topological polar surface area (TPSA) is 640 Å². The molecule has 0 radical (unpaired) electrons. The summed E-state index contributed by atoms with van der Waals surface area (Å²) in [7, 11) is -2.32. The second-order valence-electron chi connectivity index (χ2n) is 40.6. The number of hydrogen-bond acceptors (Lipinski definition) is 32. The third kappa shape index (κ3) is 24.8. The van der Waals surface area contributed by atoms with Gasteiger partial charge >= 0.3 is 6.03 Å². The summed E-state index contributed by atoms with van der Waals surface area (Å²) in [5.41, 5.74) is 7.75. The number of ether oxygens (including phenoxy) is 8. The zero-order valence-electron chi connectivity index (χ0n) is 80.7. The molecule has 0 aromatic heterocycles. The molecule has 4 unspecified atom stereocenters. The Kier molecular flexibility index (Phi) is 33.9. The largest absolute Gasteiger partial charge is 0.507 e. The van der Waals surface area contributed by atoms with E-state index in [9.17, 15) is 68.8 Å². The van der Waals surface area contributed by atoms with Gasteiger partial charge in [0.1, 0.15) is 95.5 Å². The lowest BCUT2D eigenvalue weighted by atomic mass is 9.54. The summed E-state index contributed by atoms with van der Waals surface area (Å²) in [5, 5.41) is 138. The Hall–Kier alpha value is -9.98. The van der Waals surface area contributed by atoms with Crippen molar-refractivity contribution in [1.29, 1.82) is 0 Å². The first kappa shape index (κ1) is 107. The van der Waals surface area contributed by atoms with Crippen LogP contribution in [0.3, 0.4) is 0 Å². The molecule has 3 saturated heterocycles. The highest BCUT2D eigenvalue weighted by molar-refractivity contribution is 7.89. The second-order valence-corrected chi connectivity index (χ2v) is 43.4. The number of nitrogens with two attached hydrogens (primary N) is 2. The summed E-state index contributed by atoms with van der Waals surface area (Å²) in [5.74, 6) is -14.6. The van der Waals surface area contributed by atoms with Gasteiger partial charge < -0.3 is 148 Å². The number of rotatable bonds is 30. The first-order valence-corrected chi connectivity index (χ1v) is 51.4. The number of urea groups is 1. The van der Waals surface area contributed by atoms with Crippen molar-refractivity contribution in [3.05, 3.63) is 116 Å². The Labute approximate surface area is 837 Å². The van der Waals surface area contributed by atoms with E-state index in [1.54, 1.807) is 0 Å². The van der Waals surface area contributed by atoms with E-state index in [-0.39, 0.29) is 95.5 Å². The van der Waals surface area contributed by atoms with Crippen LogP contribution in [-0.4, -0.2) is 255 Å². The lowest BCUT2D eigenvalue weighted by molar-refractivity contribution is -0.333. The van der Waals surface area contributed by atoms with E-state index in [1.807, 2.05) is 13.8 Å². The van der Waals surface area contributed by atoms with Gasteiger partial charge in [0, 0.05) is 66.8 Å². The van der Waals surface area contributed by atoms with E-state index in [1.165, 1.54) is 65.1 Å². The van der Waals surface area contributed by atoms with E-state index in [2.05, 4.69) is 70.1 Å². The molecule has 42 nitrogen and oxygen atoms in total. The molecule has 5 aromatic rings. The average molecular weight is 2060 g/mol. The van der Waals surface area contributed by atoms with Crippen molar-refractivity contribution in [3.8, 4) is 57.1 Å². The maximum atomic E-state index is 17.2. The predicted molar refractivity (Wildman–Crippen MR) is 514 cm³/mol. The van der Waals surface area contributed by atoms with Gasteiger partial charge in [-0.25, -0.2) is 17.9 Å². The van der Waals surface area contributed by atoms with Gasteiger partial charge in [-0.15, -0.1) is 0 Å². The lowest BCUT2D eigenvalue weighted by Gasteiger charge is -2.54. The fourth-order valence-electron chi connectivity index (χ4n) is 21.2. The summed E-state index contributed by atoms with van der Waals surface area (Å²) in [4.78, 5) is 142. The van der Waals surface area contributed by atoms with Crippen LogP contribution in [-0.2, 0) is 78.6 Å². The fraction of sp³-hybridized carbons (Fsp3) is 0.602. The average Bonchev–Trinajstić information content (AvgIpc) is 1.71. The number of hydrogen-bond donors (Lipinski definition) is 23. The number of unbranched alkanes of at least 4 members (excludes halogenated alkanes) is 5. The smallest absolute Gasteiger partial charge is 0.321 e. The molecular formula is C98H132Cl2N14O28S. The standard InChI is InChI=1S/C98H132Cl2N14O28S/c1-9-10-11-12-13-14-25-143(133,134)105-24-23-104-41-57-63(117)37-56-72(80(57)120)55-32-48(15-20-62(55)116)74-90(127)114-78(94(131)112-76(56)92(129)109-73-51-28-46-27-47(30-51)31-52(73)29-46)83(140-70-39-97(6,101)86(123)44(4)135-70)50-17-22-65(59(100)34-50)138-67-36-53-35-66(84(67)142-95-85(82(122)81(121)68(42-115)139-95)141-71-40-98(7,102)87(124)45(5)136-71)137-64-21-16-49(33-58(64)99)79(119)77(113-88(125)60(103-8)26-43(2)3)93(130)107-61(89(126)110-75(53)91(128)111-74)38-69(118)108-96(132)106-54-18-19-54/h15-17,20-22,32-37,43-47,51-52,54,60-61,68,70-71,73-79,81-83,85-87,95,103-105,115-117,119-124H,9-14,18-19,23-31,38-42,101-102H2,1-8H3,(H,107,130)(H,109,129)(H,110,126)(H,111,128)(H,112,131)(H,113,125)(H,114,127)(H2,106,108,118,132)/t44-,45-,46?,47?,51?,52?,60+,61?,68+,70-,71?,73?,74+,75?,76+,77?,78-,79+,81+,82-,83+,85+,86-,87+,95+,97-,98-/m0/s1. The van der Waals surface area contributed by atoms with E-state index in [0.717, 1.165) is 100 Å². The number of phenols is 3. The molecular weight excluding hydrogens is 1920 g/mol. The normalized spacial score (nSPS) is 32.0. The highest BCUT2D eigenvalue weighted by Gasteiger charge is 2.55. The maximum absolute atomic E-state index is 17.2. The minimum atomic E-state index is -3.79. The maximum Gasteiger partial charge on any atom is 0.321 e. The number of sulfonamides is 1. The van der Waals surface area contributed by atoms with Crippen LogP contribution < -0.4 is 88.9 Å². The van der Waals surface area contributed by atoms with Crippen LogP contribution in [0, 0.1) is 29.6 Å². The Morgan fingerprint density at radius 1 is 0.636 bits per heavy atom. The van der Waals surface area contributed by atoms with Crippen molar-refractivity contribution in [2.75, 3.05) is 32.5 Å². The minimum Gasteiger partial charge on any atom is -0.507 e. The number of fused-ring (bicyclic) bond motifs is 15. The van der Waals surface area contributed by atoms with Gasteiger partial charge in [-0.2, -0.15) is 0 Å². The van der Waals surface area contributed by atoms with Crippen LogP contribution >= 0.6 is 23.2 Å². The molecule has 143 heavy (non-hydrogen) atoms. The molecule has 8 aliphatic heterocycles. The number of aliphatic hydroxyl groups is 6. The highest BCUT2D eigenvalue weighted by Crippen LogP contribution is 2.56. The Balaban J connectivity index is 0.948. The van der Waals surface area contributed by atoms with Crippen LogP contribution in [0.1, 0.15) is 221 Å². The van der Waals surface area contributed by atoms with E-state index in [0.29, 0.717) is 37.5 Å². The van der Waals surface area contributed by atoms with E-state index < -0.39 is 289 Å². The summed E-state index contributed by atoms with van der Waals surface area (Å²) < 4.78 is 82.3. The molecule has 782 valence electrons. The van der Waals surface area contributed by atoms with Gasteiger partial charge in [-0.05, 0) is 205 Å². The number of carbonyl (C=O) groups is 9. The summed E-state index contributed by atoms with van der Waals surface area (Å²) in [6.45, 7) is 9.98. The molecule has 25 N–H and O–H groups in total. The van der Waals surface area contributed by atoms with Gasteiger partial charge in [0.2, 0.25) is 69.3 Å². The molecule has 15 bridgehead atoms. The summed E-state index contributed by atoms with van der Waals surface area (Å²) in [6, 6.07) is -2.62. The van der Waals surface area contributed by atoms with E-state index >= 15 is 28.8 Å². The zero-order chi connectivity index (χ0) is 103. The van der Waals surface area contributed by atoms with Crippen LogP contribution in [0.2, 0.25) is 10.0 Å². The molecule has 5 saturated carbocycles. The van der Waals surface area contributed by atoms with Gasteiger partial charge in [0.15, 0.2) is 30.2 Å². The highest BCUT2D eigenvalue weighted by atomic mass is 35.5. The molecule has 5 aliphatic carbocycles. The van der Waals surface area contributed by atoms with Crippen molar-refractivity contribution < 1.29 is 135 Å². The van der Waals surface area contributed by atoms with Crippen molar-refractivity contribution in [2.45, 2.75) is 310 Å².